The fraction of sp³-hybridized carbons (Fsp3) is 0.895. The number of guanidine groups is 1. The molecule has 0 bridgehead atoms. The van der Waals surface area contributed by atoms with Gasteiger partial charge in [0.05, 0.1) is 13.2 Å². The van der Waals surface area contributed by atoms with Crippen molar-refractivity contribution in [3.63, 3.8) is 0 Å². The Bertz CT molecular complexity index is 435. The topological polar surface area (TPSA) is 75.2 Å². The van der Waals surface area contributed by atoms with Gasteiger partial charge in [-0.1, -0.05) is 33.1 Å². The summed E-state index contributed by atoms with van der Waals surface area (Å²) in [6.07, 6.45) is 5.53. The summed E-state index contributed by atoms with van der Waals surface area (Å²) in [5, 5.41) is 6.71. The van der Waals surface area contributed by atoms with Crippen LogP contribution < -0.4 is 10.6 Å². The molecule has 0 aromatic heterocycles. The van der Waals surface area contributed by atoms with Crippen molar-refractivity contribution in [2.45, 2.75) is 58.7 Å². The molecule has 0 spiro atoms. The van der Waals surface area contributed by atoms with Crippen molar-refractivity contribution in [3.8, 4) is 0 Å². The van der Waals surface area contributed by atoms with Gasteiger partial charge in [-0.3, -0.25) is 4.79 Å². The highest BCUT2D eigenvalue weighted by molar-refractivity contribution is 5.84. The third kappa shape index (κ3) is 8.85. The number of unbranched alkanes of at least 4 members (excludes halogenated alkanes) is 1. The van der Waals surface area contributed by atoms with Crippen LogP contribution in [0.3, 0.4) is 0 Å². The number of nitrogens with one attached hydrogen (secondary N) is 2. The van der Waals surface area contributed by atoms with Gasteiger partial charge >= 0.3 is 0 Å². The first kappa shape index (κ1) is 22.7. The number of carbonyl (C=O) groups is 1. The Morgan fingerprint density at radius 1 is 1.23 bits per heavy atom. The summed E-state index contributed by atoms with van der Waals surface area (Å²) in [6, 6.07) is 0. The highest BCUT2D eigenvalue weighted by Crippen LogP contribution is 2.21. The van der Waals surface area contributed by atoms with E-state index in [1.807, 2.05) is 6.92 Å². The number of hydrogen-bond acceptors (Lipinski definition) is 4. The number of nitrogens with zero attached hydrogens (tertiary/aromatic N) is 2. The zero-order chi connectivity index (χ0) is 19.4. The van der Waals surface area contributed by atoms with Gasteiger partial charge in [-0.05, 0) is 19.3 Å². The summed E-state index contributed by atoms with van der Waals surface area (Å²) in [5.74, 6) is 0.755. The second-order valence-corrected chi connectivity index (χ2v) is 7.26. The van der Waals surface area contributed by atoms with Gasteiger partial charge in [-0.15, -0.1) is 0 Å². The van der Waals surface area contributed by atoms with Crippen LogP contribution in [0.1, 0.15) is 52.9 Å². The Hall–Kier alpha value is -1.34. The van der Waals surface area contributed by atoms with E-state index in [2.05, 4.69) is 29.5 Å². The number of hydrogen-bond donors (Lipinski definition) is 2. The van der Waals surface area contributed by atoms with Crippen molar-refractivity contribution in [1.82, 2.24) is 15.5 Å². The molecule has 0 aromatic carbocycles. The monoisotopic (exact) mass is 370 g/mol. The van der Waals surface area contributed by atoms with E-state index >= 15 is 0 Å². The number of rotatable bonds is 11. The molecule has 0 radical (unpaired) electrons. The first-order valence-electron chi connectivity index (χ1n) is 9.90. The van der Waals surface area contributed by atoms with Crippen LogP contribution in [0.4, 0.5) is 0 Å². The van der Waals surface area contributed by atoms with Gasteiger partial charge in [-0.25, -0.2) is 4.99 Å². The van der Waals surface area contributed by atoms with Gasteiger partial charge in [0.1, 0.15) is 6.54 Å². The molecule has 1 heterocycles. The normalized spacial score (nSPS) is 17.8. The molecule has 1 rings (SSSR count). The number of aliphatic imine (C=N–C) groups is 1. The maximum absolute atomic E-state index is 11.8. The Labute approximate surface area is 158 Å². The largest absolute Gasteiger partial charge is 0.356 e. The lowest BCUT2D eigenvalue weighted by atomic mass is 9.99. The van der Waals surface area contributed by atoms with Crippen LogP contribution in [0.5, 0.6) is 0 Å². The molecule has 1 aliphatic heterocycles. The van der Waals surface area contributed by atoms with Crippen molar-refractivity contribution < 1.29 is 14.3 Å². The number of carbonyl (C=O) groups excluding carboxylic acids is 1. The molecule has 7 nitrogen and oxygen atoms in total. The Morgan fingerprint density at radius 2 is 1.92 bits per heavy atom. The van der Waals surface area contributed by atoms with E-state index in [1.54, 1.807) is 19.0 Å². The highest BCUT2D eigenvalue weighted by Gasteiger charge is 2.30. The van der Waals surface area contributed by atoms with Crippen molar-refractivity contribution in [1.29, 1.82) is 0 Å². The predicted molar refractivity (Wildman–Crippen MR) is 105 cm³/mol. The minimum absolute atomic E-state index is 0.0152. The van der Waals surface area contributed by atoms with Crippen LogP contribution in [-0.2, 0) is 14.3 Å². The molecule has 0 aliphatic carbocycles. The van der Waals surface area contributed by atoms with Gasteiger partial charge in [0.25, 0.3) is 0 Å². The van der Waals surface area contributed by atoms with Gasteiger partial charge in [-0.2, -0.15) is 0 Å². The highest BCUT2D eigenvalue weighted by atomic mass is 16.7. The molecule has 7 heteroatoms. The summed E-state index contributed by atoms with van der Waals surface area (Å²) >= 11 is 0. The van der Waals surface area contributed by atoms with Crippen LogP contribution in [0.15, 0.2) is 4.99 Å². The molecular formula is C19H38N4O3. The molecule has 1 aliphatic rings. The van der Waals surface area contributed by atoms with Crippen molar-refractivity contribution >= 4 is 11.9 Å². The number of amides is 1. The zero-order valence-electron chi connectivity index (χ0n) is 17.3. The SMILES string of the molecule is CCCCC(CC)CNC(=NCC(=O)N(C)C)NCCC1(C)OCCO1. The molecule has 1 atom stereocenters. The third-order valence-corrected chi connectivity index (χ3v) is 4.74. The minimum atomic E-state index is -0.523. The standard InChI is InChI=1S/C19H38N4O3/c1-6-8-9-16(7-2)14-21-18(22-15-17(24)23(4)5)20-11-10-19(3)25-12-13-26-19/h16H,6-15H2,1-5H3,(H2,20,21,22). The van der Waals surface area contributed by atoms with E-state index in [4.69, 9.17) is 9.47 Å². The van der Waals surface area contributed by atoms with Crippen molar-refractivity contribution in [2.24, 2.45) is 10.9 Å². The molecule has 152 valence electrons. The lowest BCUT2D eigenvalue weighted by Gasteiger charge is -2.23. The maximum Gasteiger partial charge on any atom is 0.243 e. The van der Waals surface area contributed by atoms with E-state index < -0.39 is 5.79 Å². The summed E-state index contributed by atoms with van der Waals surface area (Å²) in [7, 11) is 3.48. The first-order chi connectivity index (χ1) is 12.4. The van der Waals surface area contributed by atoms with Crippen LogP contribution in [0.2, 0.25) is 0 Å². The molecule has 2 N–H and O–H groups in total. The molecule has 1 unspecified atom stereocenters. The fourth-order valence-electron chi connectivity index (χ4n) is 2.76. The third-order valence-electron chi connectivity index (χ3n) is 4.74. The smallest absolute Gasteiger partial charge is 0.243 e. The molecule has 1 amide bonds. The molecule has 1 fully saturated rings. The summed E-state index contributed by atoms with van der Waals surface area (Å²) in [4.78, 5) is 17.8. The van der Waals surface area contributed by atoms with Crippen molar-refractivity contribution in [2.75, 3.05) is 46.9 Å². The van der Waals surface area contributed by atoms with E-state index in [0.717, 1.165) is 19.4 Å². The van der Waals surface area contributed by atoms with Crippen LogP contribution in [0, 0.1) is 5.92 Å². The molecule has 26 heavy (non-hydrogen) atoms. The lowest BCUT2D eigenvalue weighted by Crippen LogP contribution is -2.43. The number of likely N-dealkylation sites (N-methyl/N-ethyl adjacent to an activating group) is 1. The van der Waals surface area contributed by atoms with Gasteiger partial charge in [0.15, 0.2) is 11.7 Å². The summed E-state index contributed by atoms with van der Waals surface area (Å²) < 4.78 is 11.3. The van der Waals surface area contributed by atoms with Crippen LogP contribution in [-0.4, -0.2) is 69.5 Å². The van der Waals surface area contributed by atoms with Crippen LogP contribution >= 0.6 is 0 Å². The maximum atomic E-state index is 11.8. The predicted octanol–water partition coefficient (Wildman–Crippen LogP) is 1.98. The Kier molecular flexibility index (Phi) is 10.6. The van der Waals surface area contributed by atoms with Gasteiger partial charge in [0, 0.05) is 33.6 Å². The Balaban J connectivity index is 2.53. The van der Waals surface area contributed by atoms with Gasteiger partial charge in [0.2, 0.25) is 5.91 Å². The number of ether oxygens (including phenoxy) is 2. The molecular weight excluding hydrogens is 332 g/mol. The fourth-order valence-corrected chi connectivity index (χ4v) is 2.76. The van der Waals surface area contributed by atoms with Crippen molar-refractivity contribution in [3.05, 3.63) is 0 Å². The van der Waals surface area contributed by atoms with E-state index in [1.165, 1.54) is 19.3 Å². The molecule has 0 aromatic rings. The Morgan fingerprint density at radius 3 is 2.50 bits per heavy atom. The minimum Gasteiger partial charge on any atom is -0.356 e. The quantitative estimate of drug-likeness (QED) is 0.430. The summed E-state index contributed by atoms with van der Waals surface area (Å²) in [5.41, 5.74) is 0. The zero-order valence-corrected chi connectivity index (χ0v) is 17.3. The second-order valence-electron chi connectivity index (χ2n) is 7.26. The molecule has 1 saturated heterocycles. The molecule has 0 saturated carbocycles. The second kappa shape index (κ2) is 12.1. The van der Waals surface area contributed by atoms with E-state index in [-0.39, 0.29) is 12.5 Å². The first-order valence-corrected chi connectivity index (χ1v) is 9.90. The van der Waals surface area contributed by atoms with Crippen LogP contribution in [0.25, 0.3) is 0 Å². The lowest BCUT2D eigenvalue weighted by molar-refractivity contribution is -0.145. The van der Waals surface area contributed by atoms with E-state index in [0.29, 0.717) is 31.6 Å². The average molecular weight is 371 g/mol. The summed E-state index contributed by atoms with van der Waals surface area (Å²) in [6.45, 7) is 9.35. The average Bonchev–Trinajstić information content (AvgIpc) is 3.05. The van der Waals surface area contributed by atoms with Gasteiger partial charge < -0.3 is 25.0 Å². The van der Waals surface area contributed by atoms with E-state index in [9.17, 15) is 4.79 Å².